The molecule has 0 bridgehead atoms. The van der Waals surface area contributed by atoms with Gasteiger partial charge in [-0.15, -0.1) is 0 Å². The van der Waals surface area contributed by atoms with Crippen LogP contribution in [-0.2, 0) is 7.05 Å². The monoisotopic (exact) mass is 358 g/mol. The van der Waals surface area contributed by atoms with Crippen molar-refractivity contribution >= 4 is 17.2 Å². The Morgan fingerprint density at radius 3 is 2.36 bits per heavy atom. The first-order valence-corrected chi connectivity index (χ1v) is 9.26. The second kappa shape index (κ2) is 7.14. The van der Waals surface area contributed by atoms with Crippen LogP contribution in [0.2, 0.25) is 0 Å². The molecule has 0 saturated carbocycles. The van der Waals surface area contributed by atoms with Gasteiger partial charge in [-0.2, -0.15) is 0 Å². The summed E-state index contributed by atoms with van der Waals surface area (Å²) >= 11 is 5.63. The van der Waals surface area contributed by atoms with E-state index >= 15 is 0 Å². The Morgan fingerprint density at radius 2 is 1.76 bits per heavy atom. The summed E-state index contributed by atoms with van der Waals surface area (Å²) in [6.07, 6.45) is 3.52. The van der Waals surface area contributed by atoms with Gasteiger partial charge in [-0.1, -0.05) is 36.8 Å². The number of nitrogens with one attached hydrogen (secondary N) is 1. The highest BCUT2D eigenvalue weighted by molar-refractivity contribution is 7.80. The van der Waals surface area contributed by atoms with Crippen molar-refractivity contribution in [2.75, 3.05) is 0 Å². The van der Waals surface area contributed by atoms with Crippen molar-refractivity contribution in [2.24, 2.45) is 7.05 Å². The molecule has 0 aliphatic carbocycles. The summed E-state index contributed by atoms with van der Waals surface area (Å²) in [5.41, 5.74) is 5.54. The summed E-state index contributed by atoms with van der Waals surface area (Å²) in [7, 11) is 1.89. The quantitative estimate of drug-likeness (QED) is 0.857. The summed E-state index contributed by atoms with van der Waals surface area (Å²) in [5, 5.41) is 2.20. The van der Waals surface area contributed by atoms with Crippen molar-refractivity contribution in [1.82, 2.24) is 19.8 Å². The number of hydrazine groups is 1. The number of para-hydroxylation sites is 1. The van der Waals surface area contributed by atoms with E-state index in [1.54, 1.807) is 4.68 Å². The first-order chi connectivity index (χ1) is 11.9. The van der Waals surface area contributed by atoms with E-state index in [1.165, 1.54) is 6.42 Å². The topological polar surface area (TPSA) is 42.2 Å². The molecule has 5 nitrogen and oxygen atoms in total. The molecule has 0 spiro atoms. The van der Waals surface area contributed by atoms with Crippen molar-refractivity contribution in [3.8, 4) is 5.69 Å². The molecule has 3 rings (SSSR count). The third-order valence-electron chi connectivity index (χ3n) is 5.21. The van der Waals surface area contributed by atoms with Crippen molar-refractivity contribution in [2.45, 2.75) is 52.1 Å². The first kappa shape index (κ1) is 17.9. The maximum Gasteiger partial charge on any atom is 0.281 e. The molecular weight excluding hydrogens is 332 g/mol. The number of piperidine rings is 1. The average molecular weight is 359 g/mol. The van der Waals surface area contributed by atoms with Gasteiger partial charge in [-0.05, 0) is 45.7 Å². The molecule has 6 heteroatoms. The number of benzene rings is 1. The smallest absolute Gasteiger partial charge is 0.281 e. The molecular formula is C19H26N4OS. The number of hydrogen-bond acceptors (Lipinski definition) is 3. The van der Waals surface area contributed by atoms with E-state index in [4.69, 9.17) is 12.2 Å². The standard InChI is InChI=1S/C19H26N4OS/c1-13-9-8-10-14(2)22(13)20-18(25)17-15(3)21(4)23(19(17)24)16-11-6-5-7-12-16/h5-7,11-14H,8-10H2,1-4H3,(H,20,25). The lowest BCUT2D eigenvalue weighted by Gasteiger charge is -2.39. The fourth-order valence-corrected chi connectivity index (χ4v) is 3.99. The zero-order chi connectivity index (χ0) is 18.1. The van der Waals surface area contributed by atoms with Crippen LogP contribution < -0.4 is 11.0 Å². The van der Waals surface area contributed by atoms with E-state index < -0.39 is 0 Å². The summed E-state index contributed by atoms with van der Waals surface area (Å²) < 4.78 is 3.53. The van der Waals surface area contributed by atoms with Crippen molar-refractivity contribution in [3.63, 3.8) is 0 Å². The molecule has 1 aromatic heterocycles. The van der Waals surface area contributed by atoms with Crippen molar-refractivity contribution in [3.05, 3.63) is 51.9 Å². The molecule has 0 radical (unpaired) electrons. The zero-order valence-corrected chi connectivity index (χ0v) is 16.1. The molecule has 1 saturated heterocycles. The average Bonchev–Trinajstić information content (AvgIpc) is 2.81. The normalized spacial score (nSPS) is 21.3. The van der Waals surface area contributed by atoms with Crippen LogP contribution in [0.1, 0.15) is 44.4 Å². The van der Waals surface area contributed by atoms with Crippen LogP contribution in [0, 0.1) is 6.92 Å². The Morgan fingerprint density at radius 1 is 1.16 bits per heavy atom. The van der Waals surface area contributed by atoms with E-state index in [9.17, 15) is 4.79 Å². The fraction of sp³-hybridized carbons (Fsp3) is 0.474. The minimum Gasteiger partial charge on any atom is -0.308 e. The second-order valence-corrected chi connectivity index (χ2v) is 7.32. The van der Waals surface area contributed by atoms with E-state index in [0.29, 0.717) is 22.6 Å². The Bertz CT molecular complexity index is 814. The van der Waals surface area contributed by atoms with Crippen LogP contribution in [0.15, 0.2) is 35.1 Å². The van der Waals surface area contributed by atoms with Crippen LogP contribution in [0.5, 0.6) is 0 Å². The van der Waals surface area contributed by atoms with Crippen LogP contribution in [0.3, 0.4) is 0 Å². The lowest BCUT2D eigenvalue weighted by Crippen LogP contribution is -2.54. The molecule has 2 unspecified atom stereocenters. The predicted octanol–water partition coefficient (Wildman–Crippen LogP) is 2.93. The van der Waals surface area contributed by atoms with Crippen molar-refractivity contribution in [1.29, 1.82) is 0 Å². The van der Waals surface area contributed by atoms with Crippen LogP contribution in [0.25, 0.3) is 5.69 Å². The summed E-state index contributed by atoms with van der Waals surface area (Å²) in [6.45, 7) is 6.34. The van der Waals surface area contributed by atoms with Crippen LogP contribution >= 0.6 is 12.2 Å². The highest BCUT2D eigenvalue weighted by Crippen LogP contribution is 2.21. The van der Waals surface area contributed by atoms with Gasteiger partial charge >= 0.3 is 0 Å². The maximum atomic E-state index is 13.1. The van der Waals surface area contributed by atoms with Gasteiger partial charge in [0, 0.05) is 24.8 Å². The maximum absolute atomic E-state index is 13.1. The number of hydrogen-bond donors (Lipinski definition) is 1. The zero-order valence-electron chi connectivity index (χ0n) is 15.3. The largest absolute Gasteiger partial charge is 0.308 e. The summed E-state index contributed by atoms with van der Waals surface area (Å²) in [4.78, 5) is 13.6. The van der Waals surface area contributed by atoms with Gasteiger partial charge in [0.15, 0.2) is 0 Å². The number of thiocarbonyl (C=S) groups is 1. The Labute approximate surface area is 154 Å². The molecule has 1 aliphatic heterocycles. The molecule has 134 valence electrons. The van der Waals surface area contributed by atoms with Gasteiger partial charge in [0.25, 0.3) is 5.56 Å². The van der Waals surface area contributed by atoms with Crippen molar-refractivity contribution < 1.29 is 0 Å². The highest BCUT2D eigenvalue weighted by atomic mass is 32.1. The third-order valence-corrected chi connectivity index (χ3v) is 5.50. The summed E-state index contributed by atoms with van der Waals surface area (Å²) in [5.74, 6) is 0. The van der Waals surface area contributed by atoms with Gasteiger partial charge in [0.05, 0.1) is 11.3 Å². The van der Waals surface area contributed by atoms with Crippen LogP contribution in [0.4, 0.5) is 0 Å². The molecule has 2 aromatic rings. The lowest BCUT2D eigenvalue weighted by atomic mass is 10.00. The Kier molecular flexibility index (Phi) is 5.11. The van der Waals surface area contributed by atoms with Crippen LogP contribution in [-0.4, -0.2) is 31.4 Å². The lowest BCUT2D eigenvalue weighted by molar-refractivity contribution is 0.0752. The summed E-state index contributed by atoms with van der Waals surface area (Å²) in [6, 6.07) is 10.5. The van der Waals surface area contributed by atoms with E-state index in [2.05, 4.69) is 24.3 Å². The van der Waals surface area contributed by atoms with Gasteiger partial charge in [0.2, 0.25) is 0 Å². The van der Waals surface area contributed by atoms with E-state index in [0.717, 1.165) is 24.2 Å². The number of aromatic nitrogens is 2. The molecule has 1 aromatic carbocycles. The predicted molar refractivity (Wildman–Crippen MR) is 105 cm³/mol. The SMILES string of the molecule is Cc1c(C(=S)NN2C(C)CCCC2C)c(=O)n(-c2ccccc2)n1C. The fourth-order valence-electron chi connectivity index (χ4n) is 3.64. The van der Waals surface area contributed by atoms with Gasteiger partial charge in [-0.25, -0.2) is 9.69 Å². The molecule has 1 N–H and O–H groups in total. The minimum atomic E-state index is -0.0824. The van der Waals surface area contributed by atoms with Gasteiger partial charge < -0.3 is 5.43 Å². The number of nitrogens with zero attached hydrogens (tertiary/aromatic N) is 3. The molecule has 2 heterocycles. The molecule has 1 fully saturated rings. The van der Waals surface area contributed by atoms with E-state index in [-0.39, 0.29) is 5.56 Å². The number of rotatable bonds is 3. The Hall–Kier alpha value is -1.92. The molecule has 25 heavy (non-hydrogen) atoms. The molecule has 1 aliphatic rings. The molecule has 0 amide bonds. The van der Waals surface area contributed by atoms with E-state index in [1.807, 2.05) is 49.0 Å². The molecule has 2 atom stereocenters. The Balaban J connectivity index is 1.95. The third kappa shape index (κ3) is 3.28. The highest BCUT2D eigenvalue weighted by Gasteiger charge is 2.27. The second-order valence-electron chi connectivity index (χ2n) is 6.91. The minimum absolute atomic E-state index is 0.0824. The van der Waals surface area contributed by atoms with Gasteiger partial charge in [0.1, 0.15) is 4.99 Å². The van der Waals surface area contributed by atoms with Gasteiger partial charge in [-0.3, -0.25) is 9.48 Å². The first-order valence-electron chi connectivity index (χ1n) is 8.85.